The highest BCUT2D eigenvalue weighted by Gasteiger charge is 2.15. The smallest absolute Gasteiger partial charge is 0.259 e. The molecule has 0 aromatic carbocycles. The van der Waals surface area contributed by atoms with Gasteiger partial charge in [0.15, 0.2) is 0 Å². The van der Waals surface area contributed by atoms with E-state index in [4.69, 9.17) is 0 Å². The molecule has 148 valence electrons. The second-order valence-electron chi connectivity index (χ2n) is 7.20. The molecule has 0 bridgehead atoms. The van der Waals surface area contributed by atoms with E-state index in [0.29, 0.717) is 0 Å². The van der Waals surface area contributed by atoms with Gasteiger partial charge in [-0.25, -0.2) is 0 Å². The van der Waals surface area contributed by atoms with Crippen molar-refractivity contribution in [2.75, 3.05) is 0 Å². The average Bonchev–Trinajstić information content (AvgIpc) is 3.21. The fourth-order valence-corrected chi connectivity index (χ4v) is 6.97. The number of hydrogen-bond acceptors (Lipinski definition) is 3. The molecule has 6 heteroatoms. The van der Waals surface area contributed by atoms with Gasteiger partial charge in [-0.05, 0) is 50.4 Å². The van der Waals surface area contributed by atoms with Crippen LogP contribution in [0.3, 0.4) is 0 Å². The fourth-order valence-electron chi connectivity index (χ4n) is 3.64. The fraction of sp³-hybridized carbons (Fsp3) is 0.571. The Hall–Kier alpha value is -0.170. The van der Waals surface area contributed by atoms with Crippen molar-refractivity contribution in [2.24, 2.45) is 0 Å². The number of aromatic nitrogens is 1. The highest BCUT2D eigenvalue weighted by atomic mass is 79.9. The minimum atomic E-state index is 0.153. The maximum Gasteiger partial charge on any atom is 0.259 e. The molecule has 3 aromatic heterocycles. The van der Waals surface area contributed by atoms with E-state index < -0.39 is 0 Å². The van der Waals surface area contributed by atoms with E-state index >= 15 is 0 Å². The first-order valence-electron chi connectivity index (χ1n) is 10.0. The number of fused-ring (bicyclic) bond motifs is 3. The summed E-state index contributed by atoms with van der Waals surface area (Å²) >= 11 is 10.5. The number of aryl methyl sites for hydroxylation is 1. The molecule has 0 saturated carbocycles. The van der Waals surface area contributed by atoms with Crippen LogP contribution >= 0.6 is 54.5 Å². The summed E-state index contributed by atoms with van der Waals surface area (Å²) in [6.45, 7) is 3.08. The normalized spacial score (nSPS) is 11.8. The zero-order valence-electron chi connectivity index (χ0n) is 15.9. The maximum atomic E-state index is 13.0. The number of rotatable bonds is 11. The minimum absolute atomic E-state index is 0.153. The Morgan fingerprint density at radius 2 is 1.37 bits per heavy atom. The molecule has 0 saturated heterocycles. The maximum absolute atomic E-state index is 13.0. The van der Waals surface area contributed by atoms with Gasteiger partial charge >= 0.3 is 0 Å². The third-order valence-electron chi connectivity index (χ3n) is 5.09. The molecule has 27 heavy (non-hydrogen) atoms. The van der Waals surface area contributed by atoms with Crippen LogP contribution in [-0.2, 0) is 6.54 Å². The summed E-state index contributed by atoms with van der Waals surface area (Å²) in [4.78, 5) is 13.0. The molecule has 3 heterocycles. The first kappa shape index (κ1) is 21.5. The molecule has 3 rings (SSSR count). The zero-order chi connectivity index (χ0) is 19.2. The molecule has 0 fully saturated rings. The summed E-state index contributed by atoms with van der Waals surface area (Å²) in [6.07, 6.45) is 13.1. The Morgan fingerprint density at radius 3 is 2.04 bits per heavy atom. The number of halogens is 2. The Kier molecular flexibility index (Phi) is 8.42. The summed E-state index contributed by atoms with van der Waals surface area (Å²) in [7, 11) is 0. The van der Waals surface area contributed by atoms with Crippen molar-refractivity contribution in [3.05, 3.63) is 30.1 Å². The third kappa shape index (κ3) is 5.46. The molecule has 0 aliphatic rings. The summed E-state index contributed by atoms with van der Waals surface area (Å²) in [5.41, 5.74) is 1.23. The minimum Gasteiger partial charge on any atom is -0.307 e. The number of nitrogens with zero attached hydrogens (tertiary/aromatic N) is 1. The van der Waals surface area contributed by atoms with E-state index in [0.717, 1.165) is 36.1 Å². The van der Waals surface area contributed by atoms with E-state index in [1.54, 1.807) is 22.7 Å². The van der Waals surface area contributed by atoms with Gasteiger partial charge in [0, 0.05) is 6.54 Å². The lowest BCUT2D eigenvalue weighted by molar-refractivity contribution is 0.536. The first-order chi connectivity index (χ1) is 13.1. The van der Waals surface area contributed by atoms with Crippen molar-refractivity contribution in [1.82, 2.24) is 4.57 Å². The molecule has 0 atom stereocenters. The van der Waals surface area contributed by atoms with Crippen molar-refractivity contribution in [2.45, 2.75) is 77.7 Å². The van der Waals surface area contributed by atoms with Crippen LogP contribution in [0.2, 0.25) is 0 Å². The van der Waals surface area contributed by atoms with Crippen molar-refractivity contribution >= 4 is 74.8 Å². The lowest BCUT2D eigenvalue weighted by Crippen LogP contribution is -2.19. The molecule has 3 aromatic rings. The number of pyridine rings is 1. The number of unbranched alkanes of at least 4 members (excludes halogenated alkanes) is 9. The molecular weight excluding hydrogens is 506 g/mol. The Bertz CT molecular complexity index is 941. The van der Waals surface area contributed by atoms with Crippen LogP contribution in [0.4, 0.5) is 0 Å². The van der Waals surface area contributed by atoms with E-state index in [2.05, 4.69) is 44.8 Å². The lowest BCUT2D eigenvalue weighted by Gasteiger charge is -2.09. The topological polar surface area (TPSA) is 22.0 Å². The number of hydrogen-bond donors (Lipinski definition) is 0. The largest absolute Gasteiger partial charge is 0.307 e. The lowest BCUT2D eigenvalue weighted by atomic mass is 10.1. The molecular formula is C21H27Br2NOS2. The van der Waals surface area contributed by atoms with Gasteiger partial charge in [0.05, 0.1) is 27.9 Å². The predicted molar refractivity (Wildman–Crippen MR) is 129 cm³/mol. The van der Waals surface area contributed by atoms with Crippen LogP contribution in [0, 0.1) is 0 Å². The van der Waals surface area contributed by atoms with Gasteiger partial charge < -0.3 is 4.57 Å². The first-order valence-corrected chi connectivity index (χ1v) is 13.2. The van der Waals surface area contributed by atoms with Gasteiger partial charge in [0.2, 0.25) is 0 Å². The van der Waals surface area contributed by atoms with Crippen molar-refractivity contribution in [1.29, 1.82) is 0 Å². The standard InChI is InChI=1S/C21H27Br2NOS2/c1-2-3-4-5-6-7-8-9-10-11-12-24-16-14-18(23)27-20(16)19-15(21(24)25)13-17(22)26-19/h13-14H,2-12H2,1H3. The summed E-state index contributed by atoms with van der Waals surface area (Å²) in [6, 6.07) is 4.08. The Labute approximate surface area is 186 Å². The SMILES string of the molecule is CCCCCCCCCCCCn1c(=O)c2cc(Br)sc2c2sc(Br)cc21. The molecule has 0 N–H and O–H groups in total. The summed E-state index contributed by atoms with van der Waals surface area (Å²) in [5, 5.41) is 0.848. The zero-order valence-corrected chi connectivity index (χ0v) is 20.7. The van der Waals surface area contributed by atoms with Gasteiger partial charge in [-0.1, -0.05) is 64.7 Å². The van der Waals surface area contributed by atoms with Crippen LogP contribution in [0.25, 0.3) is 20.3 Å². The van der Waals surface area contributed by atoms with E-state index in [1.807, 2.05) is 10.6 Å². The van der Waals surface area contributed by atoms with Crippen LogP contribution in [0.1, 0.15) is 71.1 Å². The predicted octanol–water partition coefficient (Wildman–Crippen LogP) is 8.72. The van der Waals surface area contributed by atoms with Crippen LogP contribution in [-0.4, -0.2) is 4.57 Å². The van der Waals surface area contributed by atoms with E-state index in [9.17, 15) is 4.79 Å². The Morgan fingerprint density at radius 1 is 0.815 bits per heavy atom. The monoisotopic (exact) mass is 531 g/mol. The van der Waals surface area contributed by atoms with Crippen LogP contribution < -0.4 is 5.56 Å². The van der Waals surface area contributed by atoms with E-state index in [1.165, 1.54) is 62.5 Å². The average molecular weight is 533 g/mol. The van der Waals surface area contributed by atoms with Gasteiger partial charge in [-0.15, -0.1) is 22.7 Å². The second-order valence-corrected chi connectivity index (χ2v) is 12.1. The summed E-state index contributed by atoms with van der Waals surface area (Å²) < 4.78 is 6.43. The van der Waals surface area contributed by atoms with Gasteiger partial charge in [-0.2, -0.15) is 0 Å². The highest BCUT2D eigenvalue weighted by molar-refractivity contribution is 9.11. The molecule has 0 spiro atoms. The van der Waals surface area contributed by atoms with E-state index in [-0.39, 0.29) is 5.56 Å². The van der Waals surface area contributed by atoms with Crippen molar-refractivity contribution in [3.8, 4) is 0 Å². The van der Waals surface area contributed by atoms with Gasteiger partial charge in [0.25, 0.3) is 5.56 Å². The van der Waals surface area contributed by atoms with Crippen molar-refractivity contribution in [3.63, 3.8) is 0 Å². The molecule has 0 aliphatic heterocycles. The highest BCUT2D eigenvalue weighted by Crippen LogP contribution is 2.39. The number of thiophene rings is 2. The van der Waals surface area contributed by atoms with Crippen LogP contribution in [0.5, 0.6) is 0 Å². The quantitative estimate of drug-likeness (QED) is 0.226. The molecule has 0 amide bonds. The Balaban J connectivity index is 1.57. The summed E-state index contributed by atoms with van der Waals surface area (Å²) in [5.74, 6) is 0. The third-order valence-corrected chi connectivity index (χ3v) is 8.52. The molecule has 0 unspecified atom stereocenters. The molecule has 0 aliphatic carbocycles. The molecule has 0 radical (unpaired) electrons. The second kappa shape index (κ2) is 10.6. The molecule has 2 nitrogen and oxygen atoms in total. The van der Waals surface area contributed by atoms with Gasteiger partial charge in [-0.3, -0.25) is 4.79 Å². The van der Waals surface area contributed by atoms with Gasteiger partial charge in [0.1, 0.15) is 0 Å². The van der Waals surface area contributed by atoms with Crippen LogP contribution in [0.15, 0.2) is 24.5 Å². The van der Waals surface area contributed by atoms with Crippen molar-refractivity contribution < 1.29 is 0 Å².